The molecule has 0 bridgehead atoms. The first-order valence-electron chi connectivity index (χ1n) is 4.23. The van der Waals surface area contributed by atoms with Gasteiger partial charge >= 0.3 is 0 Å². The Labute approximate surface area is 77.9 Å². The summed E-state index contributed by atoms with van der Waals surface area (Å²) in [6, 6.07) is 0. The molecule has 0 aromatic carbocycles. The maximum absolute atomic E-state index is 6.06. The minimum absolute atomic E-state index is 0.106. The van der Waals surface area contributed by atoms with E-state index >= 15 is 0 Å². The molecule has 0 unspecified atom stereocenters. The lowest BCUT2D eigenvalue weighted by molar-refractivity contribution is 0.446. The first-order chi connectivity index (χ1) is 5.65. The van der Waals surface area contributed by atoms with E-state index in [1.54, 1.807) is 6.26 Å². The molecule has 0 fully saturated rings. The van der Waals surface area contributed by atoms with Crippen LogP contribution in [0.3, 0.4) is 0 Å². The molecule has 0 radical (unpaired) electrons. The van der Waals surface area contributed by atoms with Gasteiger partial charge in [0.25, 0.3) is 0 Å². The molecular formula is C9H14ClNO. The maximum Gasteiger partial charge on any atom is 0.212 e. The molecule has 1 aromatic heterocycles. The molecule has 0 aliphatic carbocycles. The molecule has 1 heterocycles. The van der Waals surface area contributed by atoms with E-state index in [0.29, 0.717) is 11.8 Å². The first-order valence-corrected chi connectivity index (χ1v) is 4.67. The van der Waals surface area contributed by atoms with Crippen molar-refractivity contribution in [1.29, 1.82) is 0 Å². The molecule has 1 atom stereocenters. The average Bonchev–Trinajstić information content (AvgIpc) is 2.50. The zero-order chi connectivity index (χ0) is 9.14. The number of halogens is 1. The van der Waals surface area contributed by atoms with Crippen molar-refractivity contribution in [1.82, 2.24) is 4.98 Å². The van der Waals surface area contributed by atoms with Crippen molar-refractivity contribution in [2.45, 2.75) is 32.6 Å². The van der Waals surface area contributed by atoms with Crippen molar-refractivity contribution in [3.63, 3.8) is 0 Å². The molecule has 0 amide bonds. The van der Waals surface area contributed by atoms with Gasteiger partial charge in [-0.05, 0) is 12.3 Å². The second kappa shape index (κ2) is 3.94. The predicted octanol–water partition coefficient (Wildman–Crippen LogP) is 3.17. The predicted molar refractivity (Wildman–Crippen MR) is 49.3 cm³/mol. The molecule has 1 rings (SSSR count). The lowest BCUT2D eigenvalue weighted by atomic mass is 10.1. The summed E-state index contributed by atoms with van der Waals surface area (Å²) in [4.78, 5) is 4.25. The van der Waals surface area contributed by atoms with Crippen LogP contribution in [0.25, 0.3) is 0 Å². The van der Waals surface area contributed by atoms with Crippen LogP contribution < -0.4 is 0 Å². The Hall–Kier alpha value is -0.500. The zero-order valence-corrected chi connectivity index (χ0v) is 8.43. The monoisotopic (exact) mass is 187 g/mol. The van der Waals surface area contributed by atoms with Crippen LogP contribution in [0.1, 0.15) is 37.7 Å². The molecule has 0 aliphatic heterocycles. The van der Waals surface area contributed by atoms with E-state index < -0.39 is 0 Å². The Morgan fingerprint density at radius 2 is 2.25 bits per heavy atom. The number of alkyl halides is 1. The number of hydrogen-bond acceptors (Lipinski definition) is 2. The molecule has 0 spiro atoms. The van der Waals surface area contributed by atoms with Gasteiger partial charge in [0.15, 0.2) is 0 Å². The van der Waals surface area contributed by atoms with E-state index in [4.69, 9.17) is 16.0 Å². The first kappa shape index (κ1) is 9.59. The van der Waals surface area contributed by atoms with Crippen molar-refractivity contribution in [3.05, 3.63) is 17.8 Å². The fraction of sp³-hybridized carbons (Fsp3) is 0.667. The molecule has 68 valence electrons. The van der Waals surface area contributed by atoms with Gasteiger partial charge in [0.2, 0.25) is 5.89 Å². The van der Waals surface area contributed by atoms with Gasteiger partial charge in [0, 0.05) is 0 Å². The van der Waals surface area contributed by atoms with Crippen molar-refractivity contribution in [3.8, 4) is 0 Å². The summed E-state index contributed by atoms with van der Waals surface area (Å²) in [7, 11) is 0. The molecule has 12 heavy (non-hydrogen) atoms. The Morgan fingerprint density at radius 3 is 2.67 bits per heavy atom. The summed E-state index contributed by atoms with van der Waals surface area (Å²) >= 11 is 6.06. The van der Waals surface area contributed by atoms with E-state index in [9.17, 15) is 0 Å². The Balaban J connectivity index is 2.74. The smallest absolute Gasteiger partial charge is 0.212 e. The number of nitrogens with zero attached hydrogens (tertiary/aromatic N) is 1. The molecule has 1 aromatic rings. The fourth-order valence-electron chi connectivity index (χ4n) is 0.897. The largest absolute Gasteiger partial charge is 0.447 e. The normalized spacial score (nSPS) is 13.8. The zero-order valence-electron chi connectivity index (χ0n) is 7.67. The third-order valence-electron chi connectivity index (χ3n) is 1.75. The van der Waals surface area contributed by atoms with Gasteiger partial charge in [-0.25, -0.2) is 4.98 Å². The van der Waals surface area contributed by atoms with Gasteiger partial charge in [0.05, 0.1) is 5.69 Å². The van der Waals surface area contributed by atoms with Crippen molar-refractivity contribution >= 4 is 11.6 Å². The van der Waals surface area contributed by atoms with Crippen molar-refractivity contribution in [2.75, 3.05) is 0 Å². The van der Waals surface area contributed by atoms with Crippen LogP contribution in [-0.4, -0.2) is 4.98 Å². The maximum atomic E-state index is 6.06. The standard InChI is InChI=1S/C9H14ClNO/c1-4-7-5-12-9(11-7)8(10)6(2)3/h5-6,8H,4H2,1-3H3/t8-/m0/s1. The van der Waals surface area contributed by atoms with Gasteiger partial charge in [-0.3, -0.25) is 0 Å². The molecule has 0 saturated heterocycles. The summed E-state index contributed by atoms with van der Waals surface area (Å²) in [6.45, 7) is 6.14. The SMILES string of the molecule is CCc1coc([C@@H](Cl)C(C)C)n1. The molecule has 0 saturated carbocycles. The summed E-state index contributed by atoms with van der Waals surface area (Å²) in [5.74, 6) is 0.999. The minimum atomic E-state index is -0.106. The molecular weight excluding hydrogens is 174 g/mol. The third-order valence-corrected chi connectivity index (χ3v) is 2.44. The van der Waals surface area contributed by atoms with Gasteiger partial charge in [-0.15, -0.1) is 11.6 Å². The van der Waals surface area contributed by atoms with Gasteiger partial charge in [-0.1, -0.05) is 20.8 Å². The van der Waals surface area contributed by atoms with E-state index in [1.165, 1.54) is 0 Å². The van der Waals surface area contributed by atoms with Crippen molar-refractivity contribution in [2.24, 2.45) is 5.92 Å². The van der Waals surface area contributed by atoms with E-state index in [1.807, 2.05) is 20.8 Å². The second-order valence-corrected chi connectivity index (χ2v) is 3.65. The highest BCUT2D eigenvalue weighted by Gasteiger charge is 2.17. The lowest BCUT2D eigenvalue weighted by Crippen LogP contribution is -1.99. The van der Waals surface area contributed by atoms with Gasteiger partial charge in [-0.2, -0.15) is 0 Å². The molecule has 3 heteroatoms. The number of hydrogen-bond donors (Lipinski definition) is 0. The summed E-state index contributed by atoms with van der Waals surface area (Å²) < 4.78 is 5.24. The highest BCUT2D eigenvalue weighted by molar-refractivity contribution is 6.20. The highest BCUT2D eigenvalue weighted by Crippen LogP contribution is 2.27. The highest BCUT2D eigenvalue weighted by atomic mass is 35.5. The fourth-order valence-corrected chi connectivity index (χ4v) is 0.997. The molecule has 0 N–H and O–H groups in total. The second-order valence-electron chi connectivity index (χ2n) is 3.18. The van der Waals surface area contributed by atoms with Crippen LogP contribution in [-0.2, 0) is 6.42 Å². The van der Waals surface area contributed by atoms with Crippen LogP contribution in [0.15, 0.2) is 10.7 Å². The Morgan fingerprint density at radius 1 is 1.58 bits per heavy atom. The van der Waals surface area contributed by atoms with E-state index in [0.717, 1.165) is 12.1 Å². The van der Waals surface area contributed by atoms with Crippen LogP contribution in [0.5, 0.6) is 0 Å². The number of aryl methyl sites for hydroxylation is 1. The van der Waals surface area contributed by atoms with E-state index in [-0.39, 0.29) is 5.38 Å². The third kappa shape index (κ3) is 2.01. The average molecular weight is 188 g/mol. The number of rotatable bonds is 3. The number of oxazole rings is 1. The van der Waals surface area contributed by atoms with E-state index in [2.05, 4.69) is 4.98 Å². The summed E-state index contributed by atoms with van der Waals surface area (Å²) in [5.41, 5.74) is 0.969. The topological polar surface area (TPSA) is 26.0 Å². The molecule has 2 nitrogen and oxygen atoms in total. The Bertz CT molecular complexity index is 244. The van der Waals surface area contributed by atoms with Crippen LogP contribution >= 0.6 is 11.6 Å². The quantitative estimate of drug-likeness (QED) is 0.680. The minimum Gasteiger partial charge on any atom is -0.447 e. The van der Waals surface area contributed by atoms with Crippen LogP contribution in [0.2, 0.25) is 0 Å². The molecule has 0 aliphatic rings. The Kier molecular flexibility index (Phi) is 3.15. The van der Waals surface area contributed by atoms with Crippen molar-refractivity contribution < 1.29 is 4.42 Å². The lowest BCUT2D eigenvalue weighted by Gasteiger charge is -2.07. The summed E-state index contributed by atoms with van der Waals surface area (Å²) in [5, 5.41) is -0.106. The van der Waals surface area contributed by atoms with Gasteiger partial charge < -0.3 is 4.42 Å². The summed E-state index contributed by atoms with van der Waals surface area (Å²) in [6.07, 6.45) is 2.57. The number of aromatic nitrogens is 1. The van der Waals surface area contributed by atoms with Crippen LogP contribution in [0.4, 0.5) is 0 Å². The van der Waals surface area contributed by atoms with Gasteiger partial charge in [0.1, 0.15) is 11.6 Å². The van der Waals surface area contributed by atoms with Crippen LogP contribution in [0, 0.1) is 5.92 Å².